The Hall–Kier alpha value is -3.75. The van der Waals surface area contributed by atoms with Gasteiger partial charge in [0.25, 0.3) is 17.4 Å². The van der Waals surface area contributed by atoms with E-state index in [1.807, 2.05) is 0 Å². The van der Waals surface area contributed by atoms with E-state index in [9.17, 15) is 28.8 Å². The second-order valence-electron chi connectivity index (χ2n) is 11.1. The Morgan fingerprint density at radius 1 is 1.15 bits per heavy atom. The first-order chi connectivity index (χ1) is 21.5. The molecule has 0 spiro atoms. The Bertz CT molecular complexity index is 1260. The number of likely N-dealkylation sites (N-methyl/N-ethyl adjacent to an activating group) is 1. The standard InChI is InChI=1S/C18H24N6O6S.C11H21N.C2H4.CH4/c1-10(19)14(31-20)17(29)22-11(5-6-13(26)16(28)21-2)15(27)23-12-4-3-7-24(8-9-25)18(12)30;1-8-6-9-4-3-5-10(7-9)11(8)12-2;1-2;/h3-4,7,9,11H,5-6,8,19-20H2,1-2H3,(H,21,28)(H,22,29)(H,23,27);8-12H,3-7H2,1-2H3;1-2H2;1H4/b14-10-;;;. The van der Waals surface area contributed by atoms with E-state index in [0.717, 1.165) is 28.4 Å². The Morgan fingerprint density at radius 3 is 2.39 bits per heavy atom. The molecule has 14 heteroatoms. The minimum atomic E-state index is -1.29. The monoisotopic (exact) mass is 663 g/mol. The molecule has 3 rings (SSSR count). The maximum Gasteiger partial charge on any atom is 0.287 e. The summed E-state index contributed by atoms with van der Waals surface area (Å²) in [6.07, 6.45) is 8.77. The van der Waals surface area contributed by atoms with E-state index < -0.39 is 35.1 Å². The molecular weight excluding hydrogens is 610 g/mol. The van der Waals surface area contributed by atoms with E-state index in [0.29, 0.717) is 18.2 Å². The SMILES string of the molecule is C.C=C.CNC(=O)C(=O)CCC(NC(=O)/C(SN)=C(\C)N)C(=O)Nc1cccn(CC=O)c1=O.CNC1C(C)CC2CCCC1C2. The molecule has 0 aromatic carbocycles. The fourth-order valence-corrected chi connectivity index (χ4v) is 6.30. The van der Waals surface area contributed by atoms with Gasteiger partial charge in [-0.3, -0.25) is 29.1 Å². The molecule has 1 heterocycles. The fourth-order valence-electron chi connectivity index (χ4n) is 5.95. The van der Waals surface area contributed by atoms with E-state index in [-0.39, 0.29) is 43.1 Å². The number of pyridine rings is 1. The zero-order valence-electron chi connectivity index (χ0n) is 26.7. The van der Waals surface area contributed by atoms with Crippen LogP contribution in [0.3, 0.4) is 0 Å². The lowest BCUT2D eigenvalue weighted by atomic mass is 9.66. The molecule has 5 unspecified atom stereocenters. The predicted octanol–water partition coefficient (Wildman–Crippen LogP) is 2.22. The molecular formula is C32H53N7O6S. The average Bonchev–Trinajstić information content (AvgIpc) is 3.02. The predicted molar refractivity (Wildman–Crippen MR) is 184 cm³/mol. The molecule has 2 fully saturated rings. The smallest absolute Gasteiger partial charge is 0.287 e. The number of carbonyl (C=O) groups excluding carboxylic acids is 5. The van der Waals surface area contributed by atoms with E-state index in [1.165, 1.54) is 64.4 Å². The Kier molecular flexibility index (Phi) is 20.1. The van der Waals surface area contributed by atoms with E-state index in [2.05, 4.69) is 48.4 Å². The van der Waals surface area contributed by atoms with Crippen LogP contribution in [0.25, 0.3) is 0 Å². The summed E-state index contributed by atoms with van der Waals surface area (Å²) in [6, 6.07) is 2.30. The molecule has 1 aromatic heterocycles. The number of anilines is 1. The first-order valence-corrected chi connectivity index (χ1v) is 15.8. The number of carbonyl (C=O) groups is 5. The lowest BCUT2D eigenvalue weighted by molar-refractivity contribution is -0.137. The maximum atomic E-state index is 12.8. The van der Waals surface area contributed by atoms with Gasteiger partial charge in [0.05, 0.1) is 6.54 Å². The van der Waals surface area contributed by atoms with Crippen molar-refractivity contribution in [1.82, 2.24) is 20.5 Å². The summed E-state index contributed by atoms with van der Waals surface area (Å²) < 4.78 is 1.08. The normalized spacial score (nSPS) is 20.7. The Balaban J connectivity index is 0.00000111. The van der Waals surface area contributed by atoms with Gasteiger partial charge in [-0.2, -0.15) is 0 Å². The van der Waals surface area contributed by atoms with Crippen LogP contribution in [0.5, 0.6) is 0 Å². The number of fused-ring (bicyclic) bond motifs is 2. The lowest BCUT2D eigenvalue weighted by Crippen LogP contribution is -2.46. The van der Waals surface area contributed by atoms with Crippen LogP contribution in [0.15, 0.2) is 46.9 Å². The molecule has 1 aromatic rings. The molecule has 8 N–H and O–H groups in total. The molecule has 2 saturated carbocycles. The number of hydrogen-bond donors (Lipinski definition) is 6. The number of aromatic nitrogens is 1. The lowest BCUT2D eigenvalue weighted by Gasteiger charge is -2.44. The molecule has 0 aliphatic heterocycles. The van der Waals surface area contributed by atoms with Gasteiger partial charge in [-0.25, -0.2) is 0 Å². The number of hydrogen-bond acceptors (Lipinski definition) is 10. The molecule has 0 saturated heterocycles. The molecule has 0 radical (unpaired) electrons. The second-order valence-corrected chi connectivity index (χ2v) is 11.7. The number of amides is 3. The van der Waals surface area contributed by atoms with Crippen LogP contribution >= 0.6 is 11.9 Å². The van der Waals surface area contributed by atoms with Gasteiger partial charge in [-0.05, 0) is 81.5 Å². The highest BCUT2D eigenvalue weighted by Gasteiger charge is 2.36. The topological polar surface area (TPSA) is 208 Å². The van der Waals surface area contributed by atoms with E-state index in [4.69, 9.17) is 10.9 Å². The van der Waals surface area contributed by atoms with Crippen molar-refractivity contribution in [3.05, 3.63) is 52.4 Å². The van der Waals surface area contributed by atoms with Crippen molar-refractivity contribution in [3.8, 4) is 0 Å². The summed E-state index contributed by atoms with van der Waals surface area (Å²) in [5.74, 6) is -0.218. The second kappa shape index (κ2) is 21.9. The van der Waals surface area contributed by atoms with Crippen molar-refractivity contribution >= 4 is 47.4 Å². The third kappa shape index (κ3) is 12.6. The number of rotatable bonds is 12. The molecule has 2 aliphatic carbocycles. The Labute approximate surface area is 276 Å². The van der Waals surface area contributed by atoms with Gasteiger partial charge in [-0.1, -0.05) is 27.2 Å². The molecule has 5 atom stereocenters. The number of allylic oxidation sites excluding steroid dienone is 1. The van der Waals surface area contributed by atoms with Crippen molar-refractivity contribution in [2.75, 3.05) is 19.4 Å². The first kappa shape index (κ1) is 42.2. The van der Waals surface area contributed by atoms with Crippen LogP contribution in [0.4, 0.5) is 5.69 Å². The quantitative estimate of drug-likeness (QED) is 0.0632. The zero-order valence-corrected chi connectivity index (χ0v) is 27.5. The van der Waals surface area contributed by atoms with Crippen LogP contribution in [0.1, 0.15) is 66.2 Å². The van der Waals surface area contributed by atoms with Gasteiger partial charge in [-0.15, -0.1) is 13.2 Å². The molecule has 3 amide bonds. The van der Waals surface area contributed by atoms with E-state index in [1.54, 1.807) is 0 Å². The third-order valence-electron chi connectivity index (χ3n) is 7.98. The highest BCUT2D eigenvalue weighted by Crippen LogP contribution is 2.42. The van der Waals surface area contributed by atoms with Crippen LogP contribution < -0.4 is 37.7 Å². The van der Waals surface area contributed by atoms with Crippen LogP contribution in [-0.2, 0) is 30.5 Å². The maximum absolute atomic E-state index is 12.8. The van der Waals surface area contributed by atoms with Crippen molar-refractivity contribution in [2.45, 2.75) is 84.8 Å². The highest BCUT2D eigenvalue weighted by molar-refractivity contribution is 8.01. The van der Waals surface area contributed by atoms with Crippen molar-refractivity contribution in [1.29, 1.82) is 0 Å². The summed E-state index contributed by atoms with van der Waals surface area (Å²) in [5, 5.41) is 15.9. The fraction of sp³-hybridized carbons (Fsp3) is 0.562. The average molecular weight is 664 g/mol. The van der Waals surface area contributed by atoms with Crippen LogP contribution in [-0.4, -0.2) is 60.5 Å². The number of Topliss-reactive ketones (excluding diaryl/α,β-unsaturated/α-hetero) is 1. The van der Waals surface area contributed by atoms with Gasteiger partial charge in [0.2, 0.25) is 11.7 Å². The van der Waals surface area contributed by atoms with Gasteiger partial charge in [0.1, 0.15) is 22.9 Å². The molecule has 2 aliphatic rings. The van der Waals surface area contributed by atoms with Gasteiger partial charge in [0, 0.05) is 31.4 Å². The summed E-state index contributed by atoms with van der Waals surface area (Å²) in [4.78, 5) is 71.4. The summed E-state index contributed by atoms with van der Waals surface area (Å²) in [7, 11) is 3.42. The largest absolute Gasteiger partial charge is 0.401 e. The molecule has 13 nitrogen and oxygen atoms in total. The van der Waals surface area contributed by atoms with Gasteiger partial charge in [0.15, 0.2) is 0 Å². The van der Waals surface area contributed by atoms with Crippen molar-refractivity contribution in [3.63, 3.8) is 0 Å². The van der Waals surface area contributed by atoms with Gasteiger partial charge < -0.3 is 36.4 Å². The van der Waals surface area contributed by atoms with Crippen molar-refractivity contribution < 1.29 is 24.0 Å². The minimum absolute atomic E-state index is 0. The minimum Gasteiger partial charge on any atom is -0.401 e. The number of aldehydes is 1. The number of nitrogens with two attached hydrogens (primary N) is 2. The van der Waals surface area contributed by atoms with E-state index >= 15 is 0 Å². The third-order valence-corrected chi connectivity index (χ3v) is 8.72. The first-order valence-electron chi connectivity index (χ1n) is 15.0. The molecule has 46 heavy (non-hydrogen) atoms. The van der Waals surface area contributed by atoms with Crippen LogP contribution in [0, 0.1) is 17.8 Å². The highest BCUT2D eigenvalue weighted by atomic mass is 32.2. The Morgan fingerprint density at radius 2 is 1.83 bits per heavy atom. The van der Waals surface area contributed by atoms with Crippen molar-refractivity contribution in [2.24, 2.45) is 28.6 Å². The zero-order chi connectivity index (χ0) is 34.1. The van der Waals surface area contributed by atoms with Crippen LogP contribution in [0.2, 0.25) is 0 Å². The number of ketones is 1. The molecule has 2 bridgehead atoms. The summed E-state index contributed by atoms with van der Waals surface area (Å²) >= 11 is 0.580. The summed E-state index contributed by atoms with van der Waals surface area (Å²) in [5.41, 5.74) is 4.95. The summed E-state index contributed by atoms with van der Waals surface area (Å²) in [6.45, 7) is 9.66. The van der Waals surface area contributed by atoms with Gasteiger partial charge >= 0.3 is 0 Å². The number of nitrogens with one attached hydrogen (secondary N) is 4. The number of nitrogens with zero attached hydrogens (tertiary/aromatic N) is 1. The molecule has 258 valence electrons.